The van der Waals surface area contributed by atoms with Crippen LogP contribution in [-0.2, 0) is 0 Å². The molecule has 0 spiro atoms. The Morgan fingerprint density at radius 1 is 0.900 bits per heavy atom. The van der Waals surface area contributed by atoms with Gasteiger partial charge in [0.2, 0.25) is 0 Å². The average Bonchev–Trinajstić information content (AvgIpc) is 3.00. The third-order valence-corrected chi connectivity index (χ3v) is 4.27. The van der Waals surface area contributed by atoms with Crippen molar-refractivity contribution in [3.05, 3.63) is 135 Å². The molecule has 1 N–H and O–H groups in total. The number of urea groups is 1. The van der Waals surface area contributed by atoms with Crippen LogP contribution < -0.4 is 0 Å². The Labute approximate surface area is 180 Å². The van der Waals surface area contributed by atoms with Gasteiger partial charge in [0, 0.05) is 17.0 Å². The Morgan fingerprint density at radius 2 is 1.47 bits per heavy atom. The lowest BCUT2D eigenvalue weighted by molar-refractivity contribution is 0.000445. The first kappa shape index (κ1) is 24.4. The number of rotatable bonds is 11. The molecule has 1 unspecified atom stereocenters. The van der Waals surface area contributed by atoms with E-state index < -0.39 is 11.8 Å². The quantitative estimate of drug-likeness (QED) is 0.449. The van der Waals surface area contributed by atoms with Gasteiger partial charge in [-0.25, -0.2) is 4.79 Å². The first-order chi connectivity index (χ1) is 14.4. The number of amides is 2. The van der Waals surface area contributed by atoms with Gasteiger partial charge >= 0.3 is 6.03 Å². The highest BCUT2D eigenvalue weighted by atomic mass is 16.3. The predicted octanol–water partition coefficient (Wildman–Crippen LogP) is 5.73. The van der Waals surface area contributed by atoms with Crippen molar-refractivity contribution >= 4 is 6.03 Å². The molecule has 4 nitrogen and oxygen atoms in total. The van der Waals surface area contributed by atoms with Crippen LogP contribution in [0.1, 0.15) is 6.92 Å². The second kappa shape index (κ2) is 12.0. The molecule has 0 aromatic rings. The highest BCUT2D eigenvalue weighted by Crippen LogP contribution is 2.37. The normalized spacial score (nSPS) is 21.1. The Morgan fingerprint density at radius 3 is 1.97 bits per heavy atom. The number of β-amino-alcohol motifs (C(OH)–C–C–N with tert-alkyl or cyclic N) is 1. The maximum atomic E-state index is 13.5. The van der Waals surface area contributed by atoms with Crippen molar-refractivity contribution in [1.82, 2.24) is 9.80 Å². The molecule has 1 atom stereocenters. The summed E-state index contributed by atoms with van der Waals surface area (Å²) in [6.45, 7) is 20.5. The molecule has 0 saturated carbocycles. The van der Waals surface area contributed by atoms with Crippen LogP contribution in [0, 0.1) is 0 Å². The molecule has 1 saturated heterocycles. The second-order valence-electron chi connectivity index (χ2n) is 6.22. The van der Waals surface area contributed by atoms with Crippen LogP contribution in [0.3, 0.4) is 0 Å². The monoisotopic (exact) mass is 402 g/mol. The molecule has 1 aliphatic heterocycles. The Hall–Kier alpha value is -3.63. The molecule has 1 fully saturated rings. The number of allylic oxidation sites excluding steroid dienone is 13. The summed E-state index contributed by atoms with van der Waals surface area (Å²) < 4.78 is 0. The van der Waals surface area contributed by atoms with Crippen molar-refractivity contribution in [3.8, 4) is 0 Å². The Kier molecular flexibility index (Phi) is 9.80. The van der Waals surface area contributed by atoms with E-state index in [-0.39, 0.29) is 6.54 Å². The minimum atomic E-state index is -1.67. The highest BCUT2D eigenvalue weighted by molar-refractivity contribution is 5.84. The van der Waals surface area contributed by atoms with Gasteiger partial charge in [-0.2, -0.15) is 0 Å². The summed E-state index contributed by atoms with van der Waals surface area (Å²) in [5, 5.41) is 11.8. The molecule has 0 aromatic carbocycles. The first-order valence-electron chi connectivity index (χ1n) is 9.48. The summed E-state index contributed by atoms with van der Waals surface area (Å²) in [7, 11) is 0. The number of hydrogen-bond acceptors (Lipinski definition) is 2. The van der Waals surface area contributed by atoms with E-state index in [1.54, 1.807) is 79.0 Å². The van der Waals surface area contributed by atoms with E-state index in [1.807, 2.05) is 13.0 Å². The summed E-state index contributed by atoms with van der Waals surface area (Å²) in [6, 6.07) is -0.408. The molecule has 1 rings (SSSR count). The summed E-state index contributed by atoms with van der Waals surface area (Å²) >= 11 is 0. The topological polar surface area (TPSA) is 43.8 Å². The Balaban J connectivity index is 3.76. The molecule has 0 aromatic heterocycles. The highest BCUT2D eigenvalue weighted by Gasteiger charge is 2.52. The molecule has 30 heavy (non-hydrogen) atoms. The fourth-order valence-electron chi connectivity index (χ4n) is 2.96. The predicted molar refractivity (Wildman–Crippen MR) is 127 cm³/mol. The number of hydrogen-bond donors (Lipinski definition) is 1. The van der Waals surface area contributed by atoms with Gasteiger partial charge in [-0.15, -0.1) is 0 Å². The van der Waals surface area contributed by atoms with Crippen molar-refractivity contribution in [2.75, 3.05) is 6.54 Å². The van der Waals surface area contributed by atoms with E-state index in [0.717, 1.165) is 0 Å². The summed E-state index contributed by atoms with van der Waals surface area (Å²) in [5.74, 6) is 0. The molecule has 0 bridgehead atoms. The van der Waals surface area contributed by atoms with Gasteiger partial charge in [0.15, 0.2) is 5.72 Å². The molecule has 1 aliphatic rings. The van der Waals surface area contributed by atoms with Crippen LogP contribution in [0.15, 0.2) is 135 Å². The van der Waals surface area contributed by atoms with E-state index in [4.69, 9.17) is 0 Å². The van der Waals surface area contributed by atoms with Crippen molar-refractivity contribution in [2.45, 2.75) is 12.6 Å². The first-order valence-corrected chi connectivity index (χ1v) is 9.48. The van der Waals surface area contributed by atoms with Gasteiger partial charge in [-0.05, 0) is 31.2 Å². The van der Waals surface area contributed by atoms with Crippen LogP contribution in [0.25, 0.3) is 0 Å². The second-order valence-corrected chi connectivity index (χ2v) is 6.22. The van der Waals surface area contributed by atoms with Gasteiger partial charge in [0.05, 0.1) is 6.54 Å². The third-order valence-electron chi connectivity index (χ3n) is 4.27. The molecular weight excluding hydrogens is 372 g/mol. The number of carbonyl (C=O) groups excluding carboxylic acids is 1. The van der Waals surface area contributed by atoms with Crippen LogP contribution in [0.2, 0.25) is 0 Å². The Bertz CT molecular complexity index is 881. The fourth-order valence-corrected chi connectivity index (χ4v) is 2.96. The summed E-state index contributed by atoms with van der Waals surface area (Å²) in [5.41, 5.74) is -0.167. The smallest absolute Gasteiger partial charge is 0.331 e. The largest absolute Gasteiger partial charge is 0.365 e. The lowest BCUT2D eigenvalue weighted by Crippen LogP contribution is -2.47. The van der Waals surface area contributed by atoms with Crippen LogP contribution in [0.5, 0.6) is 0 Å². The molecule has 2 amide bonds. The van der Waals surface area contributed by atoms with Crippen molar-refractivity contribution in [3.63, 3.8) is 0 Å². The standard InChI is InChI=1S/C26H30N2O2/c1-7-13-18-22(12-6)26(30)21-27(23(16-10-4)19-14-8-2)25(29)28(26)24(17-11-5)20-15-9-3/h7-20,30H,2-6,21H2,1H3/b13-7-,19-14-,20-15-,22-18+,23-16+,24-17+. The molecule has 156 valence electrons. The third kappa shape index (κ3) is 5.46. The molecule has 0 radical (unpaired) electrons. The van der Waals surface area contributed by atoms with Crippen LogP contribution >= 0.6 is 0 Å². The minimum absolute atomic E-state index is 0.0151. The van der Waals surface area contributed by atoms with Crippen molar-refractivity contribution in [1.29, 1.82) is 0 Å². The number of aliphatic hydroxyl groups is 1. The van der Waals surface area contributed by atoms with Gasteiger partial charge in [0.1, 0.15) is 0 Å². The number of nitrogens with zero attached hydrogens (tertiary/aromatic N) is 2. The zero-order chi connectivity index (χ0) is 22.6. The zero-order valence-electron chi connectivity index (χ0n) is 17.6. The SMILES string of the molecule is C=C/C=C\C(=C/C=C)N1CC(O)(/C(C=C)=C/C=C\C)N(C(/C=C\C=C)=C/C=C)C1=O. The van der Waals surface area contributed by atoms with Gasteiger partial charge in [-0.3, -0.25) is 9.80 Å². The zero-order valence-corrected chi connectivity index (χ0v) is 17.6. The van der Waals surface area contributed by atoms with E-state index in [9.17, 15) is 9.90 Å². The fraction of sp³-hybridized carbons (Fsp3) is 0.115. The van der Waals surface area contributed by atoms with Crippen molar-refractivity contribution in [2.24, 2.45) is 0 Å². The van der Waals surface area contributed by atoms with E-state index in [1.165, 1.54) is 9.80 Å². The molecule has 0 aliphatic carbocycles. The molecule has 4 heteroatoms. The lowest BCUT2D eigenvalue weighted by atomic mass is 10.00. The van der Waals surface area contributed by atoms with Gasteiger partial charge in [0.25, 0.3) is 0 Å². The summed E-state index contributed by atoms with van der Waals surface area (Å²) in [4.78, 5) is 16.3. The lowest BCUT2D eigenvalue weighted by Gasteiger charge is -2.33. The van der Waals surface area contributed by atoms with Crippen molar-refractivity contribution < 1.29 is 9.90 Å². The molecule has 1 heterocycles. The minimum Gasteiger partial charge on any atom is -0.365 e. The van der Waals surface area contributed by atoms with E-state index in [2.05, 4.69) is 32.9 Å². The van der Waals surface area contributed by atoms with Gasteiger partial charge in [-0.1, -0.05) is 93.7 Å². The molecular formula is C26H30N2O2. The van der Waals surface area contributed by atoms with E-state index in [0.29, 0.717) is 17.0 Å². The summed E-state index contributed by atoms with van der Waals surface area (Å²) in [6.07, 6.45) is 23.4. The van der Waals surface area contributed by atoms with Crippen LogP contribution in [-0.4, -0.2) is 33.2 Å². The maximum Gasteiger partial charge on any atom is 0.331 e. The van der Waals surface area contributed by atoms with E-state index >= 15 is 0 Å². The maximum absolute atomic E-state index is 13.5. The average molecular weight is 403 g/mol. The number of carbonyl (C=O) groups is 1. The van der Waals surface area contributed by atoms with Gasteiger partial charge < -0.3 is 5.11 Å². The van der Waals surface area contributed by atoms with Crippen LogP contribution in [0.4, 0.5) is 4.79 Å².